The fraction of sp³-hybridized carbons (Fsp3) is 0.0625. The molecule has 0 fully saturated rings. The van der Waals surface area contributed by atoms with Gasteiger partial charge in [-0.05, 0) is 36.4 Å². The number of nitrogens with one attached hydrogen (secondary N) is 1. The van der Waals surface area contributed by atoms with Crippen LogP contribution in [-0.2, 0) is 0 Å². The summed E-state index contributed by atoms with van der Waals surface area (Å²) in [6, 6.07) is 17.5. The minimum absolute atomic E-state index is 0.706. The van der Waals surface area contributed by atoms with Crippen LogP contribution in [-0.4, -0.2) is 17.3 Å². The average molecular weight is 285 g/mol. The van der Waals surface area contributed by atoms with Crippen LogP contribution in [0.3, 0.4) is 0 Å². The number of hydrogen-bond donors (Lipinski definition) is 1. The molecule has 1 aromatic heterocycles. The second kappa shape index (κ2) is 5.39. The summed E-state index contributed by atoms with van der Waals surface area (Å²) in [6.07, 6.45) is 0. The van der Waals surface area contributed by atoms with Gasteiger partial charge in [0.25, 0.3) is 0 Å². The summed E-state index contributed by atoms with van der Waals surface area (Å²) >= 11 is 6.19. The van der Waals surface area contributed by atoms with Crippen molar-refractivity contribution in [2.24, 2.45) is 0 Å². The lowest BCUT2D eigenvalue weighted by molar-refractivity contribution is 0.415. The van der Waals surface area contributed by atoms with E-state index in [2.05, 4.69) is 10.2 Å². The minimum atomic E-state index is 0.706. The average Bonchev–Trinajstić information content (AvgIpc) is 2.97. The summed E-state index contributed by atoms with van der Waals surface area (Å²) in [5.74, 6) is 0.829. The van der Waals surface area contributed by atoms with Crippen molar-refractivity contribution in [1.82, 2.24) is 10.2 Å². The van der Waals surface area contributed by atoms with Crippen LogP contribution in [0.15, 0.2) is 54.6 Å². The molecule has 0 aliphatic heterocycles. The van der Waals surface area contributed by atoms with Gasteiger partial charge in [0.05, 0.1) is 18.5 Å². The molecule has 1 heterocycles. The van der Waals surface area contributed by atoms with Crippen molar-refractivity contribution in [1.29, 1.82) is 0 Å². The first-order chi connectivity index (χ1) is 9.78. The summed E-state index contributed by atoms with van der Waals surface area (Å²) in [5.41, 5.74) is 3.76. The molecule has 2 aromatic carbocycles. The molecule has 0 bridgehead atoms. The van der Waals surface area contributed by atoms with Crippen LogP contribution in [0.2, 0.25) is 5.02 Å². The van der Waals surface area contributed by atoms with Crippen LogP contribution in [0.25, 0.3) is 22.5 Å². The Hall–Kier alpha value is -2.26. The predicted octanol–water partition coefficient (Wildman–Crippen LogP) is 4.41. The van der Waals surface area contributed by atoms with Crippen LogP contribution < -0.4 is 4.74 Å². The molecule has 20 heavy (non-hydrogen) atoms. The van der Waals surface area contributed by atoms with Gasteiger partial charge in [-0.15, -0.1) is 0 Å². The van der Waals surface area contributed by atoms with E-state index in [1.54, 1.807) is 7.11 Å². The molecule has 3 rings (SSSR count). The van der Waals surface area contributed by atoms with Crippen LogP contribution in [0, 0.1) is 0 Å². The van der Waals surface area contributed by atoms with Gasteiger partial charge >= 0.3 is 0 Å². The van der Waals surface area contributed by atoms with Crippen molar-refractivity contribution in [3.05, 3.63) is 59.6 Å². The molecular weight excluding hydrogens is 272 g/mol. The van der Waals surface area contributed by atoms with Gasteiger partial charge in [-0.1, -0.05) is 29.8 Å². The molecule has 4 heteroatoms. The summed E-state index contributed by atoms with van der Waals surface area (Å²) in [7, 11) is 1.65. The molecule has 100 valence electrons. The maximum absolute atomic E-state index is 6.19. The van der Waals surface area contributed by atoms with E-state index in [1.807, 2.05) is 54.6 Å². The van der Waals surface area contributed by atoms with Gasteiger partial charge in [0.1, 0.15) is 5.75 Å². The quantitative estimate of drug-likeness (QED) is 0.774. The van der Waals surface area contributed by atoms with Crippen molar-refractivity contribution in [2.45, 2.75) is 0 Å². The molecule has 0 spiro atoms. The Morgan fingerprint density at radius 2 is 1.80 bits per heavy atom. The SMILES string of the molecule is COc1ccc(-c2cc(-c3ccccc3Cl)[nH]n2)cc1. The highest BCUT2D eigenvalue weighted by Crippen LogP contribution is 2.29. The Labute approximate surface area is 122 Å². The zero-order valence-electron chi connectivity index (χ0n) is 10.9. The molecule has 0 unspecified atom stereocenters. The zero-order chi connectivity index (χ0) is 13.9. The summed E-state index contributed by atoms with van der Waals surface area (Å²) in [6.45, 7) is 0. The van der Waals surface area contributed by atoms with E-state index >= 15 is 0 Å². The number of halogens is 1. The van der Waals surface area contributed by atoms with Gasteiger partial charge in [0.15, 0.2) is 0 Å². The van der Waals surface area contributed by atoms with E-state index in [1.165, 1.54) is 0 Å². The fourth-order valence-corrected chi connectivity index (χ4v) is 2.29. The number of nitrogens with zero attached hydrogens (tertiary/aromatic N) is 1. The van der Waals surface area contributed by atoms with E-state index in [-0.39, 0.29) is 0 Å². The van der Waals surface area contributed by atoms with Gasteiger partial charge in [-0.2, -0.15) is 5.10 Å². The maximum atomic E-state index is 6.19. The second-order valence-corrected chi connectivity index (χ2v) is 4.78. The third-order valence-corrected chi connectivity index (χ3v) is 3.46. The lowest BCUT2D eigenvalue weighted by Gasteiger charge is -2.00. The normalized spacial score (nSPS) is 10.5. The van der Waals surface area contributed by atoms with Gasteiger partial charge in [-0.25, -0.2) is 0 Å². The molecule has 0 aliphatic rings. The smallest absolute Gasteiger partial charge is 0.118 e. The number of ether oxygens (including phenoxy) is 1. The van der Waals surface area contributed by atoms with Gasteiger partial charge in [0, 0.05) is 16.1 Å². The number of methoxy groups -OCH3 is 1. The second-order valence-electron chi connectivity index (χ2n) is 4.38. The molecule has 0 amide bonds. The highest BCUT2D eigenvalue weighted by atomic mass is 35.5. The van der Waals surface area contributed by atoms with Crippen molar-refractivity contribution in [3.63, 3.8) is 0 Å². The van der Waals surface area contributed by atoms with Gasteiger partial charge in [-0.3, -0.25) is 5.10 Å². The number of benzene rings is 2. The number of hydrogen-bond acceptors (Lipinski definition) is 2. The first-order valence-electron chi connectivity index (χ1n) is 6.22. The Kier molecular flexibility index (Phi) is 3.44. The summed E-state index contributed by atoms with van der Waals surface area (Å²) in [4.78, 5) is 0. The fourth-order valence-electron chi connectivity index (χ4n) is 2.05. The minimum Gasteiger partial charge on any atom is -0.497 e. The highest BCUT2D eigenvalue weighted by Gasteiger charge is 2.08. The number of H-pyrrole nitrogens is 1. The Morgan fingerprint density at radius 3 is 2.50 bits per heavy atom. The van der Waals surface area contributed by atoms with Crippen LogP contribution in [0.4, 0.5) is 0 Å². The molecule has 0 saturated heterocycles. The standard InChI is InChI=1S/C16H13ClN2O/c1-20-12-8-6-11(7-9-12)15-10-16(19-18-15)13-4-2-3-5-14(13)17/h2-10H,1H3,(H,18,19). The van der Waals surface area contributed by atoms with E-state index in [0.29, 0.717) is 5.02 Å². The van der Waals surface area contributed by atoms with E-state index < -0.39 is 0 Å². The first-order valence-corrected chi connectivity index (χ1v) is 6.60. The Bertz CT molecular complexity index is 719. The third-order valence-electron chi connectivity index (χ3n) is 3.13. The molecule has 0 atom stereocenters. The molecule has 0 radical (unpaired) electrons. The zero-order valence-corrected chi connectivity index (χ0v) is 11.7. The lowest BCUT2D eigenvalue weighted by Crippen LogP contribution is -1.82. The summed E-state index contributed by atoms with van der Waals surface area (Å²) < 4.78 is 5.15. The van der Waals surface area contributed by atoms with Crippen molar-refractivity contribution < 1.29 is 4.74 Å². The molecule has 1 N–H and O–H groups in total. The van der Waals surface area contributed by atoms with Crippen LogP contribution in [0.1, 0.15) is 0 Å². The number of aromatic amines is 1. The van der Waals surface area contributed by atoms with E-state index in [9.17, 15) is 0 Å². The summed E-state index contributed by atoms with van der Waals surface area (Å²) in [5, 5.41) is 8.07. The number of rotatable bonds is 3. The Balaban J connectivity index is 1.95. The molecule has 3 nitrogen and oxygen atoms in total. The first kappa shape index (κ1) is 12.8. The largest absolute Gasteiger partial charge is 0.497 e. The third kappa shape index (κ3) is 2.40. The predicted molar refractivity (Wildman–Crippen MR) is 81.0 cm³/mol. The monoisotopic (exact) mass is 284 g/mol. The molecular formula is C16H13ClN2O. The van der Waals surface area contributed by atoms with E-state index in [4.69, 9.17) is 16.3 Å². The van der Waals surface area contributed by atoms with Crippen molar-refractivity contribution in [3.8, 4) is 28.3 Å². The molecule has 0 aliphatic carbocycles. The number of aromatic nitrogens is 2. The maximum Gasteiger partial charge on any atom is 0.118 e. The van der Waals surface area contributed by atoms with E-state index in [0.717, 1.165) is 28.3 Å². The molecule has 3 aromatic rings. The van der Waals surface area contributed by atoms with Crippen LogP contribution in [0.5, 0.6) is 5.75 Å². The highest BCUT2D eigenvalue weighted by molar-refractivity contribution is 6.33. The van der Waals surface area contributed by atoms with Gasteiger partial charge in [0.2, 0.25) is 0 Å². The van der Waals surface area contributed by atoms with Crippen molar-refractivity contribution >= 4 is 11.6 Å². The molecule has 0 saturated carbocycles. The Morgan fingerprint density at radius 1 is 1.05 bits per heavy atom. The van der Waals surface area contributed by atoms with Gasteiger partial charge < -0.3 is 4.74 Å². The van der Waals surface area contributed by atoms with Crippen LogP contribution >= 0.6 is 11.6 Å². The lowest BCUT2D eigenvalue weighted by atomic mass is 10.1. The van der Waals surface area contributed by atoms with Crippen molar-refractivity contribution in [2.75, 3.05) is 7.11 Å². The topological polar surface area (TPSA) is 37.9 Å².